The number of nitrogens with one attached hydrogen (secondary N) is 1. The van der Waals surface area contributed by atoms with Crippen molar-refractivity contribution in [2.75, 3.05) is 13.1 Å². The van der Waals surface area contributed by atoms with Crippen molar-refractivity contribution < 1.29 is 18.0 Å². The quantitative estimate of drug-likeness (QED) is 0.525. The van der Waals surface area contributed by atoms with E-state index in [-0.39, 0.29) is 36.5 Å². The van der Waals surface area contributed by atoms with Crippen molar-refractivity contribution in [3.8, 4) is 0 Å². The summed E-state index contributed by atoms with van der Waals surface area (Å²) in [5, 5.41) is 0. The van der Waals surface area contributed by atoms with E-state index in [1.165, 1.54) is 10.6 Å². The molecule has 0 aliphatic heterocycles. The molecule has 2 aromatic rings. The Morgan fingerprint density at radius 1 is 1.28 bits per heavy atom. The third kappa shape index (κ3) is 6.33. The Bertz CT molecular complexity index is 1070. The van der Waals surface area contributed by atoms with Crippen molar-refractivity contribution in [2.24, 2.45) is 5.92 Å². The van der Waals surface area contributed by atoms with Gasteiger partial charge in [-0.05, 0) is 12.3 Å². The standard InChI is InChI=1S/C21H30F3N5O3/c1-5-7-11-28-18-17(19(31)26-20(28)32)29(12-14(3)4)15(25-18)8-9-16(30)27(10-6-2)13-21(22,23)24/h6,14H,2,5,7-13H2,1,3-4H3,(H,26,31,32). The maximum Gasteiger partial charge on any atom is 0.406 e. The van der Waals surface area contributed by atoms with Gasteiger partial charge < -0.3 is 9.47 Å². The minimum absolute atomic E-state index is 0.0349. The summed E-state index contributed by atoms with van der Waals surface area (Å²) in [6.07, 6.45) is -1.93. The molecule has 0 aliphatic carbocycles. The van der Waals surface area contributed by atoms with Crippen molar-refractivity contribution in [2.45, 2.75) is 65.7 Å². The highest BCUT2D eigenvalue weighted by molar-refractivity contribution is 5.77. The van der Waals surface area contributed by atoms with Crippen LogP contribution >= 0.6 is 0 Å². The average molecular weight is 457 g/mol. The van der Waals surface area contributed by atoms with Gasteiger partial charge in [0.2, 0.25) is 5.91 Å². The van der Waals surface area contributed by atoms with Crippen LogP contribution in [0.15, 0.2) is 22.2 Å². The molecule has 2 rings (SSSR count). The molecule has 0 radical (unpaired) electrons. The lowest BCUT2D eigenvalue weighted by atomic mass is 10.2. The van der Waals surface area contributed by atoms with Gasteiger partial charge in [0, 0.05) is 32.5 Å². The van der Waals surface area contributed by atoms with Crippen LogP contribution in [0, 0.1) is 5.92 Å². The number of rotatable bonds is 11. The number of H-pyrrole nitrogens is 1. The van der Waals surface area contributed by atoms with Gasteiger partial charge in [-0.3, -0.25) is 19.1 Å². The summed E-state index contributed by atoms with van der Waals surface area (Å²) in [7, 11) is 0. The van der Waals surface area contributed by atoms with Crippen LogP contribution in [-0.4, -0.2) is 49.2 Å². The van der Waals surface area contributed by atoms with Gasteiger partial charge in [0.1, 0.15) is 12.4 Å². The smallest absolute Gasteiger partial charge is 0.330 e. The predicted octanol–water partition coefficient (Wildman–Crippen LogP) is 2.85. The maximum atomic E-state index is 12.8. The van der Waals surface area contributed by atoms with E-state index in [4.69, 9.17) is 0 Å². The Hall–Kier alpha value is -2.85. The first-order chi connectivity index (χ1) is 15.0. The van der Waals surface area contributed by atoms with Crippen LogP contribution in [-0.2, 0) is 24.3 Å². The van der Waals surface area contributed by atoms with Crippen LogP contribution in [0.4, 0.5) is 13.2 Å². The SMILES string of the molecule is C=CCN(CC(F)(F)F)C(=O)CCc1nc2c(c(=O)[nH]c(=O)n2CCCC)n1CC(C)C. The third-order valence-corrected chi connectivity index (χ3v) is 4.88. The Kier molecular flexibility index (Phi) is 8.45. The van der Waals surface area contributed by atoms with E-state index < -0.39 is 29.9 Å². The van der Waals surface area contributed by atoms with Gasteiger partial charge in [-0.15, -0.1) is 6.58 Å². The Labute approximate surface area is 183 Å². The summed E-state index contributed by atoms with van der Waals surface area (Å²) in [5.74, 6) is -0.184. The summed E-state index contributed by atoms with van der Waals surface area (Å²) in [6.45, 7) is 8.46. The van der Waals surface area contributed by atoms with E-state index in [1.54, 1.807) is 4.57 Å². The molecule has 11 heteroatoms. The zero-order valence-electron chi connectivity index (χ0n) is 18.7. The number of aromatic amines is 1. The second-order valence-corrected chi connectivity index (χ2v) is 8.15. The highest BCUT2D eigenvalue weighted by Gasteiger charge is 2.32. The van der Waals surface area contributed by atoms with Crippen LogP contribution < -0.4 is 11.2 Å². The number of aryl methyl sites for hydroxylation is 2. The lowest BCUT2D eigenvalue weighted by molar-refractivity contribution is -0.160. The number of unbranched alkanes of at least 4 members (excludes halogenated alkanes) is 1. The van der Waals surface area contributed by atoms with Crippen LogP contribution in [0.5, 0.6) is 0 Å². The highest BCUT2D eigenvalue weighted by Crippen LogP contribution is 2.19. The normalized spacial score (nSPS) is 12.0. The summed E-state index contributed by atoms with van der Waals surface area (Å²) >= 11 is 0. The number of halogens is 3. The molecule has 0 aliphatic rings. The molecule has 178 valence electrons. The first-order valence-corrected chi connectivity index (χ1v) is 10.7. The fraction of sp³-hybridized carbons (Fsp3) is 0.619. The summed E-state index contributed by atoms with van der Waals surface area (Å²) < 4.78 is 41.5. The van der Waals surface area contributed by atoms with Gasteiger partial charge in [-0.25, -0.2) is 9.78 Å². The van der Waals surface area contributed by atoms with Crippen molar-refractivity contribution in [3.05, 3.63) is 39.3 Å². The molecular formula is C21H30F3N5O3. The maximum absolute atomic E-state index is 12.8. The van der Waals surface area contributed by atoms with Crippen LogP contribution in [0.1, 0.15) is 45.9 Å². The number of alkyl halides is 3. The first-order valence-electron chi connectivity index (χ1n) is 10.7. The molecule has 2 heterocycles. The zero-order chi connectivity index (χ0) is 24.1. The minimum Gasteiger partial charge on any atom is -0.330 e. The second kappa shape index (κ2) is 10.6. The minimum atomic E-state index is -4.52. The van der Waals surface area contributed by atoms with E-state index in [0.29, 0.717) is 30.2 Å². The number of nitrogens with zero attached hydrogens (tertiary/aromatic N) is 4. The lowest BCUT2D eigenvalue weighted by Gasteiger charge is -2.22. The number of imidazole rings is 1. The van der Waals surface area contributed by atoms with E-state index in [2.05, 4.69) is 16.5 Å². The number of hydrogen-bond acceptors (Lipinski definition) is 4. The van der Waals surface area contributed by atoms with Gasteiger partial charge in [0.15, 0.2) is 11.2 Å². The van der Waals surface area contributed by atoms with E-state index >= 15 is 0 Å². The molecule has 1 N–H and O–H groups in total. The number of carbonyl (C=O) groups excluding carboxylic acids is 1. The topological polar surface area (TPSA) is 93.0 Å². The van der Waals surface area contributed by atoms with Gasteiger partial charge >= 0.3 is 11.9 Å². The molecule has 0 bridgehead atoms. The third-order valence-electron chi connectivity index (χ3n) is 4.88. The molecular weight excluding hydrogens is 427 g/mol. The predicted molar refractivity (Wildman–Crippen MR) is 116 cm³/mol. The fourth-order valence-electron chi connectivity index (χ4n) is 3.50. The zero-order valence-corrected chi connectivity index (χ0v) is 18.7. The van der Waals surface area contributed by atoms with Gasteiger partial charge in [0.05, 0.1) is 0 Å². The molecule has 2 aromatic heterocycles. The van der Waals surface area contributed by atoms with E-state index in [1.807, 2.05) is 20.8 Å². The average Bonchev–Trinajstić information content (AvgIpc) is 3.02. The summed E-state index contributed by atoms with van der Waals surface area (Å²) in [6, 6.07) is 0. The number of hydrogen-bond donors (Lipinski definition) is 1. The number of carbonyl (C=O) groups is 1. The van der Waals surface area contributed by atoms with Crippen molar-refractivity contribution in [3.63, 3.8) is 0 Å². The first kappa shape index (κ1) is 25.4. The molecule has 0 atom stereocenters. The van der Waals surface area contributed by atoms with Crippen molar-refractivity contribution in [1.82, 2.24) is 24.0 Å². The number of fused-ring (bicyclic) bond motifs is 1. The molecule has 0 aromatic carbocycles. The Balaban J connectivity index is 2.44. The monoisotopic (exact) mass is 457 g/mol. The fourth-order valence-corrected chi connectivity index (χ4v) is 3.50. The van der Waals surface area contributed by atoms with Crippen LogP contribution in [0.3, 0.4) is 0 Å². The molecule has 0 spiro atoms. The number of aromatic nitrogens is 4. The summed E-state index contributed by atoms with van der Waals surface area (Å²) in [4.78, 5) is 44.9. The Morgan fingerprint density at radius 2 is 1.97 bits per heavy atom. The van der Waals surface area contributed by atoms with Crippen molar-refractivity contribution >= 4 is 17.1 Å². The van der Waals surface area contributed by atoms with Gasteiger partial charge in [0.25, 0.3) is 5.56 Å². The number of amides is 1. The molecule has 1 amide bonds. The van der Waals surface area contributed by atoms with E-state index in [0.717, 1.165) is 6.42 Å². The second-order valence-electron chi connectivity index (χ2n) is 8.15. The molecule has 32 heavy (non-hydrogen) atoms. The molecule has 0 saturated heterocycles. The molecule has 0 saturated carbocycles. The van der Waals surface area contributed by atoms with Crippen LogP contribution in [0.25, 0.3) is 11.2 Å². The molecule has 0 fully saturated rings. The molecule has 0 unspecified atom stereocenters. The largest absolute Gasteiger partial charge is 0.406 e. The van der Waals surface area contributed by atoms with E-state index in [9.17, 15) is 27.6 Å². The lowest BCUT2D eigenvalue weighted by Crippen LogP contribution is -2.39. The van der Waals surface area contributed by atoms with Crippen molar-refractivity contribution in [1.29, 1.82) is 0 Å². The van der Waals surface area contributed by atoms with Crippen LogP contribution in [0.2, 0.25) is 0 Å². The summed E-state index contributed by atoms with van der Waals surface area (Å²) in [5.41, 5.74) is -0.674. The Morgan fingerprint density at radius 3 is 2.53 bits per heavy atom. The van der Waals surface area contributed by atoms with Gasteiger partial charge in [-0.2, -0.15) is 13.2 Å². The highest BCUT2D eigenvalue weighted by atomic mass is 19.4. The van der Waals surface area contributed by atoms with Gasteiger partial charge in [-0.1, -0.05) is 33.3 Å². The molecule has 8 nitrogen and oxygen atoms in total.